The molecule has 1 unspecified atom stereocenters. The lowest BCUT2D eigenvalue weighted by molar-refractivity contribution is 0.441. The minimum absolute atomic E-state index is 0. The number of hydrogen-bond donors (Lipinski definition) is 5. The Hall–Kier alpha value is -1.46. The number of nitrogens with two attached hydrogens (primary N) is 4. The van der Waals surface area contributed by atoms with Crippen molar-refractivity contribution in [1.82, 2.24) is 15.0 Å². The molecule has 0 saturated carbocycles. The van der Waals surface area contributed by atoms with Gasteiger partial charge >= 0.3 is 0 Å². The molecule has 0 bridgehead atoms. The molecule has 3 rings (SSSR count). The van der Waals surface area contributed by atoms with E-state index in [9.17, 15) is 0 Å². The Kier molecular flexibility index (Phi) is 8.86. The summed E-state index contributed by atoms with van der Waals surface area (Å²) in [7, 11) is 0. The fourth-order valence-electron chi connectivity index (χ4n) is 4.37. The Morgan fingerprint density at radius 2 is 1.20 bits per heavy atom. The number of anilines is 3. The van der Waals surface area contributed by atoms with Crippen molar-refractivity contribution in [2.24, 2.45) is 28.9 Å². The number of rotatable bonds is 6. The summed E-state index contributed by atoms with van der Waals surface area (Å²) in [6.07, 6.45) is 2.64. The van der Waals surface area contributed by atoms with Gasteiger partial charge in [0.15, 0.2) is 0 Å². The first-order chi connectivity index (χ1) is 13.7. The van der Waals surface area contributed by atoms with Gasteiger partial charge in [0.25, 0.3) is 0 Å². The highest BCUT2D eigenvalue weighted by molar-refractivity contribution is 5.85. The second-order valence-corrected chi connectivity index (χ2v) is 9.26. The van der Waals surface area contributed by atoms with Gasteiger partial charge in [0.2, 0.25) is 17.8 Å². The van der Waals surface area contributed by atoms with Crippen LogP contribution in [0.4, 0.5) is 17.8 Å². The van der Waals surface area contributed by atoms with Crippen LogP contribution < -0.4 is 38.1 Å². The lowest BCUT2D eigenvalue weighted by atomic mass is 10.0. The van der Waals surface area contributed by atoms with Gasteiger partial charge < -0.3 is 38.1 Å². The summed E-state index contributed by atoms with van der Waals surface area (Å²) in [5, 5.41) is 3.44. The molecule has 1 aromatic heterocycles. The number of aromatic nitrogens is 3. The van der Waals surface area contributed by atoms with E-state index in [-0.39, 0.29) is 42.6 Å². The highest BCUT2D eigenvalue weighted by Crippen LogP contribution is 2.22. The molecule has 2 aliphatic rings. The maximum Gasteiger partial charge on any atom is 0.232 e. The van der Waals surface area contributed by atoms with E-state index in [2.05, 4.69) is 35.9 Å². The number of hydrogen-bond acceptors (Lipinski definition) is 10. The van der Waals surface area contributed by atoms with Gasteiger partial charge in [-0.2, -0.15) is 15.0 Å². The fourth-order valence-corrected chi connectivity index (χ4v) is 4.37. The molecule has 9 N–H and O–H groups in total. The molecule has 0 aliphatic carbocycles. The van der Waals surface area contributed by atoms with Gasteiger partial charge in [0.05, 0.1) is 0 Å². The Morgan fingerprint density at radius 1 is 0.800 bits per heavy atom. The SMILES string of the molecule is CC(C)CC(C)Nc1nc(N2C[C@H](N)C[C@H](N)C2)nc(N2C[C@H](N)C[C@H](N)C2)n1.Cl. The summed E-state index contributed by atoms with van der Waals surface area (Å²) < 4.78 is 0. The highest BCUT2D eigenvalue weighted by Gasteiger charge is 2.28. The van der Waals surface area contributed by atoms with Crippen LogP contribution in [0.2, 0.25) is 0 Å². The minimum atomic E-state index is 0. The maximum atomic E-state index is 6.19. The first-order valence-electron chi connectivity index (χ1n) is 10.7. The Bertz CT molecular complexity index is 610. The zero-order valence-corrected chi connectivity index (χ0v) is 19.2. The van der Waals surface area contributed by atoms with Crippen molar-refractivity contribution in [2.45, 2.75) is 70.2 Å². The van der Waals surface area contributed by atoms with E-state index >= 15 is 0 Å². The van der Waals surface area contributed by atoms with Crippen molar-refractivity contribution in [3.05, 3.63) is 0 Å². The third kappa shape index (κ3) is 6.78. The lowest BCUT2D eigenvalue weighted by Gasteiger charge is -2.37. The Morgan fingerprint density at radius 3 is 1.57 bits per heavy atom. The average molecular weight is 443 g/mol. The molecule has 172 valence electrons. The molecule has 2 aliphatic heterocycles. The third-order valence-corrected chi connectivity index (χ3v) is 5.41. The number of piperidine rings is 2. The van der Waals surface area contributed by atoms with E-state index in [0.29, 0.717) is 49.9 Å². The summed E-state index contributed by atoms with van der Waals surface area (Å²) in [5.74, 6) is 2.35. The molecule has 0 radical (unpaired) electrons. The third-order valence-electron chi connectivity index (χ3n) is 5.41. The second-order valence-electron chi connectivity index (χ2n) is 9.26. The molecule has 2 fully saturated rings. The average Bonchev–Trinajstić information content (AvgIpc) is 2.59. The zero-order valence-electron chi connectivity index (χ0n) is 18.4. The van der Waals surface area contributed by atoms with Crippen LogP contribution in [0.15, 0.2) is 0 Å². The number of nitrogens with zero attached hydrogens (tertiary/aromatic N) is 5. The van der Waals surface area contributed by atoms with Crippen LogP contribution >= 0.6 is 12.4 Å². The van der Waals surface area contributed by atoms with E-state index < -0.39 is 0 Å². The quantitative estimate of drug-likeness (QED) is 0.401. The van der Waals surface area contributed by atoms with Gasteiger partial charge in [-0.25, -0.2) is 0 Å². The predicted octanol–water partition coefficient (Wildman–Crippen LogP) is -0.131. The molecule has 30 heavy (non-hydrogen) atoms. The molecule has 0 spiro atoms. The molecule has 1 aromatic rings. The molecule has 0 aromatic carbocycles. The second kappa shape index (κ2) is 10.7. The molecule has 5 atom stereocenters. The fraction of sp³-hybridized carbons (Fsp3) is 0.842. The van der Waals surface area contributed by atoms with Crippen LogP contribution in [0, 0.1) is 5.92 Å². The van der Waals surface area contributed by atoms with Crippen molar-refractivity contribution in [3.8, 4) is 0 Å². The summed E-state index contributed by atoms with van der Waals surface area (Å²) in [5.41, 5.74) is 24.8. The van der Waals surface area contributed by atoms with Gasteiger partial charge in [0, 0.05) is 56.4 Å². The molecule has 3 heterocycles. The van der Waals surface area contributed by atoms with E-state index in [1.165, 1.54) is 0 Å². The van der Waals surface area contributed by atoms with Gasteiger partial charge in [-0.1, -0.05) is 13.8 Å². The van der Waals surface area contributed by atoms with Crippen LogP contribution in [0.1, 0.15) is 40.0 Å². The van der Waals surface area contributed by atoms with Gasteiger partial charge in [0.1, 0.15) is 0 Å². The standard InChI is InChI=1S/C19H38N10.ClH/c1-11(2)4-12(3)24-17-25-18(28-7-13(20)5-14(21)8-28)27-19(26-17)29-9-15(22)6-16(23)10-29;/h11-16H,4-10,20-23H2,1-3H3,(H,24,25,26,27);1H/t12?,13-,14+,15-,16+;. The van der Waals surface area contributed by atoms with Crippen molar-refractivity contribution < 1.29 is 0 Å². The molecule has 0 amide bonds. The van der Waals surface area contributed by atoms with Gasteiger partial charge in [-0.15, -0.1) is 12.4 Å². The molecule has 2 saturated heterocycles. The predicted molar refractivity (Wildman–Crippen MR) is 125 cm³/mol. The number of halogens is 1. The Balaban J connectivity index is 0.00000320. The minimum Gasteiger partial charge on any atom is -0.352 e. The van der Waals surface area contributed by atoms with E-state index in [0.717, 1.165) is 19.3 Å². The molecular formula is C19H39ClN10. The van der Waals surface area contributed by atoms with Crippen molar-refractivity contribution in [2.75, 3.05) is 41.3 Å². The first-order valence-corrected chi connectivity index (χ1v) is 10.7. The normalized spacial score (nSPS) is 28.3. The number of nitrogens with one attached hydrogen (secondary N) is 1. The van der Waals surface area contributed by atoms with Crippen molar-refractivity contribution in [3.63, 3.8) is 0 Å². The maximum absolute atomic E-state index is 6.19. The van der Waals surface area contributed by atoms with E-state index in [4.69, 9.17) is 37.9 Å². The molecule has 10 nitrogen and oxygen atoms in total. The van der Waals surface area contributed by atoms with Crippen molar-refractivity contribution in [1.29, 1.82) is 0 Å². The summed E-state index contributed by atoms with van der Waals surface area (Å²) in [6, 6.07) is 0.271. The summed E-state index contributed by atoms with van der Waals surface area (Å²) in [6.45, 7) is 9.26. The van der Waals surface area contributed by atoms with Crippen LogP contribution in [0.3, 0.4) is 0 Å². The summed E-state index contributed by atoms with van der Waals surface area (Å²) >= 11 is 0. The summed E-state index contributed by atoms with van der Waals surface area (Å²) in [4.78, 5) is 18.3. The zero-order chi connectivity index (χ0) is 21.1. The van der Waals surface area contributed by atoms with Crippen LogP contribution in [0.25, 0.3) is 0 Å². The highest BCUT2D eigenvalue weighted by atomic mass is 35.5. The van der Waals surface area contributed by atoms with E-state index in [1.807, 2.05) is 0 Å². The van der Waals surface area contributed by atoms with Gasteiger partial charge in [-0.05, 0) is 32.1 Å². The van der Waals surface area contributed by atoms with Gasteiger partial charge in [-0.3, -0.25) is 0 Å². The smallest absolute Gasteiger partial charge is 0.232 e. The lowest BCUT2D eigenvalue weighted by Crippen LogP contribution is -2.54. The van der Waals surface area contributed by atoms with Crippen LogP contribution in [-0.2, 0) is 0 Å². The first kappa shape index (κ1) is 24.8. The topological polar surface area (TPSA) is 161 Å². The van der Waals surface area contributed by atoms with Crippen LogP contribution in [-0.4, -0.2) is 71.3 Å². The van der Waals surface area contributed by atoms with E-state index in [1.54, 1.807) is 0 Å². The van der Waals surface area contributed by atoms with Crippen molar-refractivity contribution >= 4 is 30.3 Å². The molecule has 11 heteroatoms. The largest absolute Gasteiger partial charge is 0.352 e. The molecular weight excluding hydrogens is 404 g/mol. The van der Waals surface area contributed by atoms with Crippen LogP contribution in [0.5, 0.6) is 0 Å². The monoisotopic (exact) mass is 442 g/mol. The Labute approximate surface area is 185 Å².